The third-order valence-corrected chi connectivity index (χ3v) is 3.55. The molecular formula is C14H21NO. The Kier molecular flexibility index (Phi) is 3.83. The summed E-state index contributed by atoms with van der Waals surface area (Å²) in [6, 6.07) is 6.52. The van der Waals surface area contributed by atoms with Crippen molar-refractivity contribution in [1.82, 2.24) is 0 Å². The minimum absolute atomic E-state index is 0.697. The molecule has 0 aliphatic heterocycles. The molecule has 16 heavy (non-hydrogen) atoms. The van der Waals surface area contributed by atoms with Crippen LogP contribution in [0.1, 0.15) is 42.7 Å². The van der Waals surface area contributed by atoms with Crippen LogP contribution in [0, 0.1) is 0 Å². The number of methoxy groups -OCH3 is 1. The minimum Gasteiger partial charge on any atom is -0.497 e. The van der Waals surface area contributed by atoms with Crippen LogP contribution in [0.2, 0.25) is 0 Å². The van der Waals surface area contributed by atoms with Gasteiger partial charge in [0.15, 0.2) is 0 Å². The average Bonchev–Trinajstić information content (AvgIpc) is 2.35. The lowest BCUT2D eigenvalue weighted by molar-refractivity contribution is 0.411. The third kappa shape index (κ3) is 2.38. The second-order valence-electron chi connectivity index (χ2n) is 4.58. The fourth-order valence-corrected chi connectivity index (χ4v) is 2.67. The summed E-state index contributed by atoms with van der Waals surface area (Å²) in [6.07, 6.45) is 6.19. The molecule has 2 rings (SSSR count). The predicted molar refractivity (Wildman–Crippen MR) is 67.0 cm³/mol. The lowest BCUT2D eigenvalue weighted by Crippen LogP contribution is -2.11. The number of hydrogen-bond acceptors (Lipinski definition) is 2. The largest absolute Gasteiger partial charge is 0.497 e. The molecule has 1 aliphatic rings. The third-order valence-electron chi connectivity index (χ3n) is 3.55. The van der Waals surface area contributed by atoms with Crippen LogP contribution in [0.25, 0.3) is 0 Å². The maximum Gasteiger partial charge on any atom is 0.119 e. The molecule has 1 aromatic rings. The summed E-state index contributed by atoms with van der Waals surface area (Å²) in [7, 11) is 1.74. The van der Waals surface area contributed by atoms with Crippen LogP contribution in [0.4, 0.5) is 0 Å². The lowest BCUT2D eigenvalue weighted by atomic mass is 9.80. The van der Waals surface area contributed by atoms with Crippen LogP contribution in [0.15, 0.2) is 18.2 Å². The van der Waals surface area contributed by atoms with E-state index in [1.165, 1.54) is 36.8 Å². The molecule has 0 spiro atoms. The summed E-state index contributed by atoms with van der Waals surface area (Å²) in [5, 5.41) is 0. The van der Waals surface area contributed by atoms with E-state index in [0.717, 1.165) is 18.7 Å². The molecular weight excluding hydrogens is 198 g/mol. The van der Waals surface area contributed by atoms with Crippen LogP contribution in [0.5, 0.6) is 5.75 Å². The van der Waals surface area contributed by atoms with Gasteiger partial charge in [-0.05, 0) is 67.8 Å². The highest BCUT2D eigenvalue weighted by Gasteiger charge is 2.20. The van der Waals surface area contributed by atoms with Crippen molar-refractivity contribution in [2.75, 3.05) is 13.7 Å². The number of benzene rings is 1. The summed E-state index contributed by atoms with van der Waals surface area (Å²) in [4.78, 5) is 0. The number of ether oxygens (including phenoxy) is 1. The fraction of sp³-hybridized carbons (Fsp3) is 0.571. The summed E-state index contributed by atoms with van der Waals surface area (Å²) < 4.78 is 5.31. The highest BCUT2D eigenvalue weighted by atomic mass is 16.5. The standard InChI is InChI=1S/C14H21NO/c1-16-13-8-7-12-5-2-4-11(6-3-9-15)14(12)10-13/h7-8,10-11H,2-6,9,15H2,1H3. The maximum absolute atomic E-state index is 5.60. The zero-order valence-corrected chi connectivity index (χ0v) is 10.0. The number of fused-ring (bicyclic) bond motifs is 1. The van der Waals surface area contributed by atoms with Crippen molar-refractivity contribution < 1.29 is 4.74 Å². The van der Waals surface area contributed by atoms with Gasteiger partial charge in [0, 0.05) is 0 Å². The maximum atomic E-state index is 5.60. The molecule has 1 aromatic carbocycles. The molecule has 2 N–H and O–H groups in total. The van der Waals surface area contributed by atoms with E-state index < -0.39 is 0 Å². The van der Waals surface area contributed by atoms with Crippen molar-refractivity contribution in [3.8, 4) is 5.75 Å². The molecule has 88 valence electrons. The second kappa shape index (κ2) is 5.35. The molecule has 0 saturated carbocycles. The first-order chi connectivity index (χ1) is 7.85. The Morgan fingerprint density at radius 3 is 3.06 bits per heavy atom. The molecule has 0 radical (unpaired) electrons. The van der Waals surface area contributed by atoms with Crippen molar-refractivity contribution in [1.29, 1.82) is 0 Å². The van der Waals surface area contributed by atoms with Gasteiger partial charge in [-0.25, -0.2) is 0 Å². The fourth-order valence-electron chi connectivity index (χ4n) is 2.67. The van der Waals surface area contributed by atoms with Crippen LogP contribution >= 0.6 is 0 Å². The van der Waals surface area contributed by atoms with Crippen molar-refractivity contribution in [2.45, 2.75) is 38.0 Å². The van der Waals surface area contributed by atoms with Crippen LogP contribution in [-0.2, 0) is 6.42 Å². The van der Waals surface area contributed by atoms with E-state index in [-0.39, 0.29) is 0 Å². The molecule has 2 nitrogen and oxygen atoms in total. The van der Waals surface area contributed by atoms with Gasteiger partial charge in [0.2, 0.25) is 0 Å². The van der Waals surface area contributed by atoms with Gasteiger partial charge in [-0.3, -0.25) is 0 Å². The van der Waals surface area contributed by atoms with E-state index in [1.54, 1.807) is 7.11 Å². The molecule has 1 atom stereocenters. The molecule has 0 bridgehead atoms. The van der Waals surface area contributed by atoms with Gasteiger partial charge in [0.05, 0.1) is 7.11 Å². The molecule has 0 amide bonds. The number of hydrogen-bond donors (Lipinski definition) is 1. The van der Waals surface area contributed by atoms with E-state index in [1.807, 2.05) is 0 Å². The van der Waals surface area contributed by atoms with Gasteiger partial charge < -0.3 is 10.5 Å². The smallest absolute Gasteiger partial charge is 0.119 e. The number of nitrogens with two attached hydrogens (primary N) is 1. The molecule has 0 aromatic heterocycles. The Morgan fingerprint density at radius 2 is 2.31 bits per heavy atom. The normalized spacial score (nSPS) is 19.2. The minimum atomic E-state index is 0.697. The van der Waals surface area contributed by atoms with Gasteiger partial charge in [-0.2, -0.15) is 0 Å². The zero-order chi connectivity index (χ0) is 11.4. The van der Waals surface area contributed by atoms with Crippen molar-refractivity contribution >= 4 is 0 Å². The van der Waals surface area contributed by atoms with E-state index in [0.29, 0.717) is 5.92 Å². The Labute approximate surface area is 97.8 Å². The monoisotopic (exact) mass is 219 g/mol. The van der Waals surface area contributed by atoms with E-state index in [4.69, 9.17) is 10.5 Å². The summed E-state index contributed by atoms with van der Waals surface area (Å²) in [5.41, 5.74) is 8.60. The highest BCUT2D eigenvalue weighted by Crippen LogP contribution is 2.36. The topological polar surface area (TPSA) is 35.2 Å². The molecule has 0 fully saturated rings. The Hall–Kier alpha value is -1.02. The second-order valence-corrected chi connectivity index (χ2v) is 4.58. The van der Waals surface area contributed by atoms with Crippen molar-refractivity contribution in [3.63, 3.8) is 0 Å². The van der Waals surface area contributed by atoms with Crippen LogP contribution in [-0.4, -0.2) is 13.7 Å². The average molecular weight is 219 g/mol. The molecule has 0 heterocycles. The van der Waals surface area contributed by atoms with Gasteiger partial charge in [-0.15, -0.1) is 0 Å². The first-order valence-corrected chi connectivity index (χ1v) is 6.22. The van der Waals surface area contributed by atoms with Crippen LogP contribution in [0.3, 0.4) is 0 Å². The first-order valence-electron chi connectivity index (χ1n) is 6.22. The summed E-state index contributed by atoms with van der Waals surface area (Å²) in [6.45, 7) is 0.801. The highest BCUT2D eigenvalue weighted by molar-refractivity contribution is 5.39. The van der Waals surface area contributed by atoms with Gasteiger partial charge in [0.25, 0.3) is 0 Å². The molecule has 1 unspecified atom stereocenters. The van der Waals surface area contributed by atoms with Crippen LogP contribution < -0.4 is 10.5 Å². The van der Waals surface area contributed by atoms with E-state index >= 15 is 0 Å². The molecule has 1 aliphatic carbocycles. The Balaban J connectivity index is 2.21. The number of rotatable bonds is 4. The predicted octanol–water partition coefficient (Wildman–Crippen LogP) is 2.85. The number of aryl methyl sites for hydroxylation is 1. The quantitative estimate of drug-likeness (QED) is 0.845. The molecule has 2 heteroatoms. The molecule has 0 saturated heterocycles. The Morgan fingerprint density at radius 1 is 1.44 bits per heavy atom. The van der Waals surface area contributed by atoms with Gasteiger partial charge in [0.1, 0.15) is 5.75 Å². The first kappa shape index (κ1) is 11.5. The van der Waals surface area contributed by atoms with Gasteiger partial charge in [-0.1, -0.05) is 6.07 Å². The van der Waals surface area contributed by atoms with E-state index in [9.17, 15) is 0 Å². The Bertz CT molecular complexity index is 349. The van der Waals surface area contributed by atoms with E-state index in [2.05, 4.69) is 18.2 Å². The van der Waals surface area contributed by atoms with Crippen molar-refractivity contribution in [3.05, 3.63) is 29.3 Å². The van der Waals surface area contributed by atoms with Crippen molar-refractivity contribution in [2.24, 2.45) is 5.73 Å². The lowest BCUT2D eigenvalue weighted by Gasteiger charge is -2.25. The summed E-state index contributed by atoms with van der Waals surface area (Å²) in [5.74, 6) is 1.68. The SMILES string of the molecule is COc1ccc2c(c1)C(CCCN)CCC2. The summed E-state index contributed by atoms with van der Waals surface area (Å²) >= 11 is 0. The van der Waals surface area contributed by atoms with Gasteiger partial charge >= 0.3 is 0 Å². The zero-order valence-electron chi connectivity index (χ0n) is 10.0.